The van der Waals surface area contributed by atoms with Crippen molar-refractivity contribution in [2.24, 2.45) is 34.3 Å². The van der Waals surface area contributed by atoms with Gasteiger partial charge in [0.05, 0.1) is 0 Å². The van der Waals surface area contributed by atoms with Gasteiger partial charge in [-0.05, 0) is 96.0 Å². The summed E-state index contributed by atoms with van der Waals surface area (Å²) in [7, 11) is 0. The van der Waals surface area contributed by atoms with Crippen molar-refractivity contribution in [3.63, 3.8) is 0 Å². The number of primary amides is 1. The topological polar surface area (TPSA) is 93.2 Å². The van der Waals surface area contributed by atoms with Gasteiger partial charge in [0.15, 0.2) is 11.6 Å². The second-order valence-electron chi connectivity index (χ2n) is 12.0. The number of esters is 1. The number of rotatable bonds is 3. The van der Waals surface area contributed by atoms with Crippen LogP contribution in [0.4, 0.5) is 8.78 Å². The molecule has 2 N–H and O–H groups in total. The van der Waals surface area contributed by atoms with Crippen LogP contribution in [0.2, 0.25) is 0 Å². The maximum atomic E-state index is 14.0. The number of carbonyl (C=O) groups is 2. The Morgan fingerprint density at radius 1 is 1.11 bits per heavy atom. The van der Waals surface area contributed by atoms with Gasteiger partial charge in [-0.2, -0.15) is 5.26 Å². The molecule has 5 rings (SSSR count). The van der Waals surface area contributed by atoms with Gasteiger partial charge in [0, 0.05) is 13.3 Å². The fourth-order valence-electron chi connectivity index (χ4n) is 8.29. The van der Waals surface area contributed by atoms with Gasteiger partial charge in [-0.25, -0.2) is 8.78 Å². The van der Waals surface area contributed by atoms with E-state index in [0.717, 1.165) is 56.2 Å². The van der Waals surface area contributed by atoms with Crippen LogP contribution in [0.15, 0.2) is 46.6 Å². The molecule has 7 heteroatoms. The van der Waals surface area contributed by atoms with Crippen molar-refractivity contribution in [2.45, 2.75) is 71.8 Å². The molecule has 1 aromatic carbocycles. The van der Waals surface area contributed by atoms with Crippen LogP contribution in [0.5, 0.6) is 0 Å². The van der Waals surface area contributed by atoms with Gasteiger partial charge >= 0.3 is 5.97 Å². The molecule has 4 aliphatic carbocycles. The molecule has 6 atom stereocenters. The van der Waals surface area contributed by atoms with Crippen molar-refractivity contribution in [1.29, 1.82) is 5.26 Å². The van der Waals surface area contributed by atoms with Gasteiger partial charge in [0.2, 0.25) is 0 Å². The normalized spacial score (nSPS) is 36.3. The summed E-state index contributed by atoms with van der Waals surface area (Å²) < 4.78 is 33.2. The smallest absolute Gasteiger partial charge is 0.302 e. The molecule has 4 aliphatic rings. The molecule has 0 unspecified atom stereocenters. The Morgan fingerprint density at radius 2 is 1.84 bits per heavy atom. The Hall–Kier alpha value is -3.27. The van der Waals surface area contributed by atoms with Gasteiger partial charge in [0.1, 0.15) is 17.7 Å². The minimum absolute atomic E-state index is 0.0130. The third-order valence-electron chi connectivity index (χ3n) is 10.0. The summed E-state index contributed by atoms with van der Waals surface area (Å²) in [5.74, 6) is -1.91. The Morgan fingerprint density at radius 3 is 2.50 bits per heavy atom. The average molecular weight is 521 g/mol. The highest BCUT2D eigenvalue weighted by atomic mass is 19.2. The van der Waals surface area contributed by atoms with E-state index in [-0.39, 0.29) is 29.0 Å². The third kappa shape index (κ3) is 4.19. The van der Waals surface area contributed by atoms with E-state index in [2.05, 4.69) is 26.0 Å². The first-order chi connectivity index (χ1) is 18.0. The standard InChI is InChI=1S/C31H34F2N2O3/c1-17(36)38-21-8-10-30(2)20(15-21)5-6-22-24(30)9-11-31(3)25(22)14-19(28(31)23(16-34)29(35)37)12-18-4-7-26(32)27(33)13-18/h4-5,7,12-13,21-22,24-25H,6,8-11,14-15H2,1-3H3,(H2,35,37)/b19-12+,28-23-/t21-,22+,24-,25-,30-,31-/m0/s1. The molecule has 38 heavy (non-hydrogen) atoms. The van der Waals surface area contributed by atoms with Gasteiger partial charge in [-0.15, -0.1) is 0 Å². The summed E-state index contributed by atoms with van der Waals surface area (Å²) in [4.78, 5) is 24.0. The number of hydrogen-bond donors (Lipinski definition) is 1. The number of benzene rings is 1. The molecule has 0 bridgehead atoms. The number of allylic oxidation sites excluding steroid dienone is 3. The molecular formula is C31H34F2N2O3. The van der Waals surface area contributed by atoms with Crippen LogP contribution >= 0.6 is 0 Å². The van der Waals surface area contributed by atoms with Crippen molar-refractivity contribution >= 4 is 18.0 Å². The lowest BCUT2D eigenvalue weighted by atomic mass is 9.47. The first-order valence-corrected chi connectivity index (χ1v) is 13.5. The number of nitrogens with two attached hydrogens (primary N) is 1. The van der Waals surface area contributed by atoms with Crippen molar-refractivity contribution in [3.05, 3.63) is 63.8 Å². The molecule has 0 radical (unpaired) electrons. The van der Waals surface area contributed by atoms with Crippen LogP contribution in [0, 0.1) is 51.5 Å². The van der Waals surface area contributed by atoms with E-state index in [1.807, 2.05) is 0 Å². The number of carbonyl (C=O) groups excluding carboxylic acids is 2. The van der Waals surface area contributed by atoms with Crippen LogP contribution < -0.4 is 5.73 Å². The summed E-state index contributed by atoms with van der Waals surface area (Å²) in [6.45, 7) is 5.93. The first kappa shape index (κ1) is 26.3. The van der Waals surface area contributed by atoms with E-state index in [1.165, 1.54) is 18.6 Å². The Balaban J connectivity index is 1.56. The maximum absolute atomic E-state index is 14.0. The second-order valence-corrected chi connectivity index (χ2v) is 12.0. The summed E-state index contributed by atoms with van der Waals surface area (Å²) in [5, 5.41) is 9.95. The lowest BCUT2D eigenvalue weighted by Crippen LogP contribution is -2.50. The number of nitriles is 1. The van der Waals surface area contributed by atoms with Crippen molar-refractivity contribution in [3.8, 4) is 6.07 Å². The van der Waals surface area contributed by atoms with Crippen LogP contribution in [-0.2, 0) is 14.3 Å². The maximum Gasteiger partial charge on any atom is 0.302 e. The largest absolute Gasteiger partial charge is 0.462 e. The number of amides is 1. The monoisotopic (exact) mass is 520 g/mol. The fourth-order valence-corrected chi connectivity index (χ4v) is 8.29. The average Bonchev–Trinajstić information content (AvgIpc) is 3.13. The number of fused-ring (bicyclic) bond motifs is 5. The quantitative estimate of drug-likeness (QED) is 0.224. The molecule has 0 aromatic heterocycles. The van der Waals surface area contributed by atoms with Crippen molar-refractivity contribution in [2.75, 3.05) is 0 Å². The SMILES string of the molecule is CC(=O)O[C@H]1CC[C@@]2(C)C(=CC[C@@H]3[C@@H]2CC[C@]2(C)C(=C(/C#N)C(N)=O)/C(=C/c4ccc(F)c(F)c4)C[C@@H]32)C1. The third-order valence-corrected chi connectivity index (χ3v) is 10.0. The lowest BCUT2D eigenvalue weighted by Gasteiger charge is -2.57. The summed E-state index contributed by atoms with van der Waals surface area (Å²) in [6, 6.07) is 5.79. The molecule has 0 heterocycles. The van der Waals surface area contributed by atoms with E-state index >= 15 is 0 Å². The first-order valence-electron chi connectivity index (χ1n) is 13.5. The van der Waals surface area contributed by atoms with E-state index in [9.17, 15) is 23.6 Å². The van der Waals surface area contributed by atoms with Crippen molar-refractivity contribution in [1.82, 2.24) is 0 Å². The highest BCUT2D eigenvalue weighted by Gasteiger charge is 2.59. The van der Waals surface area contributed by atoms with Gasteiger partial charge in [-0.1, -0.05) is 37.6 Å². The zero-order chi connectivity index (χ0) is 27.4. The van der Waals surface area contributed by atoms with E-state index in [4.69, 9.17) is 10.5 Å². The Bertz CT molecular complexity index is 1340. The zero-order valence-corrected chi connectivity index (χ0v) is 22.2. The molecule has 0 spiro atoms. The van der Waals surface area contributed by atoms with Crippen molar-refractivity contribution < 1.29 is 23.1 Å². The predicted molar refractivity (Wildman–Crippen MR) is 139 cm³/mol. The summed E-state index contributed by atoms with van der Waals surface area (Å²) in [5.41, 5.74) is 8.57. The van der Waals surface area contributed by atoms with Gasteiger partial charge in [0.25, 0.3) is 5.91 Å². The molecule has 200 valence electrons. The van der Waals surface area contributed by atoms with E-state index in [1.54, 1.807) is 6.08 Å². The number of hydrogen-bond acceptors (Lipinski definition) is 4. The number of halogens is 2. The fraction of sp³-hybridized carbons (Fsp3) is 0.516. The van der Waals surface area contributed by atoms with Gasteiger partial charge in [-0.3, -0.25) is 9.59 Å². The lowest BCUT2D eigenvalue weighted by molar-refractivity contribution is -0.148. The van der Waals surface area contributed by atoms with Crippen LogP contribution in [0.1, 0.15) is 71.3 Å². The molecular weight excluding hydrogens is 486 g/mol. The number of ether oxygens (including phenoxy) is 1. The molecule has 0 aliphatic heterocycles. The predicted octanol–water partition coefficient (Wildman–Crippen LogP) is 6.16. The van der Waals surface area contributed by atoms with Gasteiger partial charge < -0.3 is 10.5 Å². The molecule has 1 aromatic rings. The summed E-state index contributed by atoms with van der Waals surface area (Å²) in [6.07, 6.45) is 9.88. The Kier molecular flexibility index (Phi) is 6.57. The highest BCUT2D eigenvalue weighted by molar-refractivity contribution is 5.98. The molecule has 5 nitrogen and oxygen atoms in total. The second kappa shape index (κ2) is 9.48. The summed E-state index contributed by atoms with van der Waals surface area (Å²) >= 11 is 0. The van der Waals surface area contributed by atoms with Crippen LogP contribution in [0.3, 0.4) is 0 Å². The van der Waals surface area contributed by atoms with Crippen LogP contribution in [0.25, 0.3) is 6.08 Å². The zero-order valence-electron chi connectivity index (χ0n) is 22.2. The van der Waals surface area contributed by atoms with E-state index < -0.39 is 23.0 Å². The molecule has 3 saturated carbocycles. The Labute approximate surface area is 222 Å². The minimum Gasteiger partial charge on any atom is -0.462 e. The minimum atomic E-state index is -0.941. The van der Waals surface area contributed by atoms with E-state index in [0.29, 0.717) is 29.4 Å². The highest BCUT2D eigenvalue weighted by Crippen LogP contribution is 2.67. The molecule has 3 fully saturated rings. The molecule has 1 amide bonds. The van der Waals surface area contributed by atoms with Crippen LogP contribution in [-0.4, -0.2) is 18.0 Å². The molecule has 0 saturated heterocycles. The number of nitrogens with zero attached hydrogens (tertiary/aromatic N) is 1.